The van der Waals surface area contributed by atoms with Gasteiger partial charge in [0, 0.05) is 0 Å². The zero-order valence-corrected chi connectivity index (χ0v) is 8.88. The molecular weight excluding hydrogens is 222 g/mol. The van der Waals surface area contributed by atoms with Crippen molar-refractivity contribution < 1.29 is 14.4 Å². The number of fused-ring (bicyclic) bond motifs is 2. The molecule has 1 heterocycles. The van der Waals surface area contributed by atoms with Gasteiger partial charge < -0.3 is 9.47 Å². The van der Waals surface area contributed by atoms with E-state index in [1.807, 2.05) is 12.1 Å². The summed E-state index contributed by atoms with van der Waals surface area (Å²) in [5, 5.41) is 12.5. The average Bonchev–Trinajstić information content (AvgIpc) is 2.35. The van der Waals surface area contributed by atoms with Crippen molar-refractivity contribution in [1.29, 1.82) is 0 Å². The van der Waals surface area contributed by atoms with Crippen molar-refractivity contribution in [2.75, 3.05) is 13.2 Å². The lowest BCUT2D eigenvalue weighted by molar-refractivity contribution is -0.384. The van der Waals surface area contributed by atoms with Crippen molar-refractivity contribution in [2.45, 2.75) is 0 Å². The molecule has 17 heavy (non-hydrogen) atoms. The molecule has 0 unspecified atom stereocenters. The summed E-state index contributed by atoms with van der Waals surface area (Å²) in [4.78, 5) is 10.7. The largest absolute Gasteiger partial charge is 0.486 e. The van der Waals surface area contributed by atoms with Crippen LogP contribution in [0.15, 0.2) is 30.3 Å². The van der Waals surface area contributed by atoms with E-state index in [9.17, 15) is 10.1 Å². The van der Waals surface area contributed by atoms with Crippen LogP contribution in [-0.4, -0.2) is 18.1 Å². The minimum absolute atomic E-state index is 0.0159. The molecule has 0 spiro atoms. The molecule has 0 aliphatic carbocycles. The molecule has 0 fully saturated rings. The smallest absolute Gasteiger partial charge is 0.322 e. The van der Waals surface area contributed by atoms with Gasteiger partial charge in [-0.2, -0.15) is 0 Å². The minimum atomic E-state index is -0.421. The summed E-state index contributed by atoms with van der Waals surface area (Å²) in [5.74, 6) is 0.682. The first-order valence-corrected chi connectivity index (χ1v) is 5.23. The van der Waals surface area contributed by atoms with Crippen LogP contribution < -0.4 is 9.47 Å². The number of benzene rings is 2. The lowest BCUT2D eigenvalue weighted by Gasteiger charge is -2.18. The van der Waals surface area contributed by atoms with Crippen molar-refractivity contribution in [3.63, 3.8) is 0 Å². The van der Waals surface area contributed by atoms with E-state index in [0.717, 1.165) is 5.39 Å². The van der Waals surface area contributed by atoms with Gasteiger partial charge >= 0.3 is 5.69 Å². The lowest BCUT2D eigenvalue weighted by atomic mass is 10.1. The predicted molar refractivity (Wildman–Crippen MR) is 61.6 cm³/mol. The second-order valence-electron chi connectivity index (χ2n) is 3.73. The van der Waals surface area contributed by atoms with E-state index in [-0.39, 0.29) is 11.4 Å². The predicted octanol–water partition coefficient (Wildman–Crippen LogP) is 2.52. The molecular formula is C12H9NO4. The maximum atomic E-state index is 11.2. The first kappa shape index (κ1) is 9.89. The summed E-state index contributed by atoms with van der Waals surface area (Å²) < 4.78 is 10.8. The van der Waals surface area contributed by atoms with E-state index in [4.69, 9.17) is 9.47 Å². The molecule has 0 amide bonds. The molecule has 86 valence electrons. The highest BCUT2D eigenvalue weighted by atomic mass is 16.6. The van der Waals surface area contributed by atoms with Gasteiger partial charge in [-0.1, -0.05) is 18.2 Å². The summed E-state index contributed by atoms with van der Waals surface area (Å²) in [6.45, 7) is 0.759. The van der Waals surface area contributed by atoms with Gasteiger partial charge in [0.05, 0.1) is 10.3 Å². The Kier molecular flexibility index (Phi) is 2.11. The van der Waals surface area contributed by atoms with Gasteiger partial charge in [0.2, 0.25) is 5.75 Å². The molecule has 0 N–H and O–H groups in total. The summed E-state index contributed by atoms with van der Waals surface area (Å²) in [6.07, 6.45) is 0. The quantitative estimate of drug-likeness (QED) is 0.558. The van der Waals surface area contributed by atoms with Gasteiger partial charge in [0.25, 0.3) is 0 Å². The highest BCUT2D eigenvalue weighted by Gasteiger charge is 2.27. The molecule has 5 nitrogen and oxygen atoms in total. The van der Waals surface area contributed by atoms with Gasteiger partial charge in [-0.05, 0) is 17.5 Å². The van der Waals surface area contributed by atoms with Crippen LogP contribution in [-0.2, 0) is 0 Å². The van der Waals surface area contributed by atoms with Crippen molar-refractivity contribution >= 4 is 16.5 Å². The number of nitro benzene ring substituents is 1. The number of nitrogens with zero attached hydrogens (tertiary/aromatic N) is 1. The highest BCUT2D eigenvalue weighted by molar-refractivity contribution is 5.95. The Bertz CT molecular complexity index is 609. The molecule has 3 rings (SSSR count). The molecule has 0 aromatic heterocycles. The topological polar surface area (TPSA) is 61.6 Å². The maximum Gasteiger partial charge on any atom is 0.322 e. The van der Waals surface area contributed by atoms with Crippen molar-refractivity contribution in [3.05, 3.63) is 40.4 Å². The van der Waals surface area contributed by atoms with E-state index in [2.05, 4.69) is 0 Å². The van der Waals surface area contributed by atoms with Crippen LogP contribution in [0.2, 0.25) is 0 Å². The fraction of sp³-hybridized carbons (Fsp3) is 0.167. The van der Waals surface area contributed by atoms with E-state index in [0.29, 0.717) is 24.3 Å². The van der Waals surface area contributed by atoms with Gasteiger partial charge in [-0.3, -0.25) is 10.1 Å². The Balaban J connectivity index is 2.40. The SMILES string of the molecule is O=[N+]([O-])c1c2c(cc3ccccc13)OCCO2. The number of rotatable bonds is 1. The normalized spacial score (nSPS) is 13.6. The molecule has 5 heteroatoms. The van der Waals surface area contributed by atoms with Gasteiger partial charge in [0.1, 0.15) is 13.2 Å². The molecule has 0 saturated heterocycles. The lowest BCUT2D eigenvalue weighted by Crippen LogP contribution is -2.16. The Morgan fingerprint density at radius 2 is 1.94 bits per heavy atom. The zero-order valence-electron chi connectivity index (χ0n) is 8.88. The van der Waals surface area contributed by atoms with Crippen molar-refractivity contribution in [3.8, 4) is 11.5 Å². The third-order valence-electron chi connectivity index (χ3n) is 2.71. The summed E-state index contributed by atoms with van der Waals surface area (Å²) in [5.41, 5.74) is -0.0159. The first-order chi connectivity index (χ1) is 8.27. The summed E-state index contributed by atoms with van der Waals surface area (Å²) >= 11 is 0. The van der Waals surface area contributed by atoms with Crippen LogP contribution >= 0.6 is 0 Å². The van der Waals surface area contributed by atoms with Crippen LogP contribution in [0.25, 0.3) is 10.8 Å². The Hall–Kier alpha value is -2.30. The molecule has 0 radical (unpaired) electrons. The van der Waals surface area contributed by atoms with Crippen LogP contribution in [0.4, 0.5) is 5.69 Å². The van der Waals surface area contributed by atoms with Crippen LogP contribution in [0.3, 0.4) is 0 Å². The van der Waals surface area contributed by atoms with Crippen LogP contribution in [0, 0.1) is 10.1 Å². The van der Waals surface area contributed by atoms with Gasteiger partial charge in [0.15, 0.2) is 5.75 Å². The van der Waals surface area contributed by atoms with Gasteiger partial charge in [-0.25, -0.2) is 0 Å². The second kappa shape index (κ2) is 3.62. The van der Waals surface area contributed by atoms with Crippen LogP contribution in [0.1, 0.15) is 0 Å². The fourth-order valence-electron chi connectivity index (χ4n) is 2.01. The molecule has 0 atom stereocenters. The number of nitro groups is 1. The number of hydrogen-bond donors (Lipinski definition) is 0. The van der Waals surface area contributed by atoms with E-state index >= 15 is 0 Å². The minimum Gasteiger partial charge on any atom is -0.486 e. The highest BCUT2D eigenvalue weighted by Crippen LogP contribution is 2.44. The molecule has 0 bridgehead atoms. The maximum absolute atomic E-state index is 11.2. The number of ether oxygens (including phenoxy) is 2. The Labute approximate surface area is 96.7 Å². The molecule has 2 aromatic carbocycles. The monoisotopic (exact) mass is 231 g/mol. The first-order valence-electron chi connectivity index (χ1n) is 5.23. The Morgan fingerprint density at radius 1 is 1.18 bits per heavy atom. The third-order valence-corrected chi connectivity index (χ3v) is 2.71. The fourth-order valence-corrected chi connectivity index (χ4v) is 2.01. The van der Waals surface area contributed by atoms with Crippen molar-refractivity contribution in [1.82, 2.24) is 0 Å². The second-order valence-corrected chi connectivity index (χ2v) is 3.73. The van der Waals surface area contributed by atoms with E-state index < -0.39 is 4.92 Å². The standard InChI is InChI=1S/C12H9NO4/c14-13(15)11-9-4-2-1-3-8(9)7-10-12(11)17-6-5-16-10/h1-4,7H,5-6H2. The Morgan fingerprint density at radius 3 is 2.76 bits per heavy atom. The van der Waals surface area contributed by atoms with Gasteiger partial charge in [-0.15, -0.1) is 0 Å². The van der Waals surface area contributed by atoms with E-state index in [1.54, 1.807) is 18.2 Å². The summed E-state index contributed by atoms with van der Waals surface area (Å²) in [6, 6.07) is 8.91. The summed E-state index contributed by atoms with van der Waals surface area (Å²) in [7, 11) is 0. The molecule has 1 aliphatic rings. The molecule has 1 aliphatic heterocycles. The molecule has 2 aromatic rings. The average molecular weight is 231 g/mol. The zero-order chi connectivity index (χ0) is 11.8. The van der Waals surface area contributed by atoms with E-state index in [1.165, 1.54) is 0 Å². The molecule has 0 saturated carbocycles. The van der Waals surface area contributed by atoms with Crippen molar-refractivity contribution in [2.24, 2.45) is 0 Å². The third kappa shape index (κ3) is 1.47. The van der Waals surface area contributed by atoms with Crippen LogP contribution in [0.5, 0.6) is 11.5 Å². The number of hydrogen-bond acceptors (Lipinski definition) is 4.